The molecule has 5 nitrogen and oxygen atoms in total. The molecule has 1 unspecified atom stereocenters. The number of hydrogen-bond acceptors (Lipinski definition) is 4. The van der Waals surface area contributed by atoms with Crippen LogP contribution in [0, 0.1) is 0 Å². The summed E-state index contributed by atoms with van der Waals surface area (Å²) in [4.78, 5) is 11.4. The maximum atomic E-state index is 11.4. The van der Waals surface area contributed by atoms with Crippen LogP contribution in [-0.4, -0.2) is 36.4 Å². The van der Waals surface area contributed by atoms with Crippen molar-refractivity contribution in [3.05, 3.63) is 29.8 Å². The summed E-state index contributed by atoms with van der Waals surface area (Å²) in [5, 5.41) is 12.5. The Kier molecular flexibility index (Phi) is 4.62. The van der Waals surface area contributed by atoms with Crippen LogP contribution < -0.4 is 10.1 Å². The number of rotatable bonds is 8. The summed E-state index contributed by atoms with van der Waals surface area (Å²) in [5.74, 6) is -0.234. The Morgan fingerprint density at radius 1 is 1.50 bits per heavy atom. The van der Waals surface area contributed by atoms with Gasteiger partial charge in [0.1, 0.15) is 17.9 Å². The Morgan fingerprint density at radius 2 is 2.25 bits per heavy atom. The van der Waals surface area contributed by atoms with Gasteiger partial charge >= 0.3 is 5.97 Å². The van der Waals surface area contributed by atoms with Crippen molar-refractivity contribution in [2.75, 3.05) is 13.7 Å². The third-order valence-electron chi connectivity index (χ3n) is 3.31. The molecular formula is C15H21NO4. The molecule has 0 bridgehead atoms. The molecule has 5 heteroatoms. The number of hydrogen-bond donors (Lipinski definition) is 2. The molecule has 1 saturated carbocycles. The average Bonchev–Trinajstić information content (AvgIpc) is 3.21. The maximum absolute atomic E-state index is 11.4. The van der Waals surface area contributed by atoms with E-state index in [0.717, 1.165) is 18.4 Å². The second-order valence-corrected chi connectivity index (χ2v) is 5.42. The largest absolute Gasteiger partial charge is 0.491 e. The lowest BCUT2D eigenvalue weighted by molar-refractivity contribution is -0.145. The fourth-order valence-corrected chi connectivity index (χ4v) is 1.96. The summed E-state index contributed by atoms with van der Waals surface area (Å²) in [6.07, 6.45) is 2.07. The lowest BCUT2D eigenvalue weighted by Gasteiger charge is -2.26. The molecule has 20 heavy (non-hydrogen) atoms. The second-order valence-electron chi connectivity index (χ2n) is 5.42. The van der Waals surface area contributed by atoms with E-state index in [1.54, 1.807) is 14.0 Å². The van der Waals surface area contributed by atoms with Crippen LogP contribution in [-0.2, 0) is 16.1 Å². The van der Waals surface area contributed by atoms with Crippen LogP contribution in [0.15, 0.2) is 24.3 Å². The molecule has 2 N–H and O–H groups in total. The Morgan fingerprint density at radius 3 is 2.85 bits per heavy atom. The van der Waals surface area contributed by atoms with Gasteiger partial charge in [-0.15, -0.1) is 0 Å². The Labute approximate surface area is 118 Å². The first-order chi connectivity index (χ1) is 9.53. The zero-order valence-electron chi connectivity index (χ0n) is 11.9. The third kappa shape index (κ3) is 3.95. The van der Waals surface area contributed by atoms with Gasteiger partial charge in [0.25, 0.3) is 0 Å². The molecule has 1 aromatic rings. The molecule has 1 aliphatic rings. The van der Waals surface area contributed by atoms with Crippen LogP contribution in [0.4, 0.5) is 0 Å². The predicted octanol–water partition coefficient (Wildman–Crippen LogP) is 1.81. The molecule has 0 aromatic heterocycles. The summed E-state index contributed by atoms with van der Waals surface area (Å²) < 4.78 is 10.7. The molecule has 0 aliphatic heterocycles. The molecule has 0 saturated heterocycles. The number of benzene rings is 1. The number of carboxylic acid groups (broad SMARTS) is 1. The van der Waals surface area contributed by atoms with Crippen molar-refractivity contribution in [3.8, 4) is 5.75 Å². The van der Waals surface area contributed by atoms with Gasteiger partial charge in [0, 0.05) is 13.2 Å². The lowest BCUT2D eigenvalue weighted by Crippen LogP contribution is -2.54. The normalized spacial score (nSPS) is 17.5. The minimum Gasteiger partial charge on any atom is -0.491 e. The molecule has 0 amide bonds. The fourth-order valence-electron chi connectivity index (χ4n) is 1.96. The minimum absolute atomic E-state index is 0.0925. The van der Waals surface area contributed by atoms with Crippen molar-refractivity contribution < 1.29 is 19.4 Å². The summed E-state index contributed by atoms with van der Waals surface area (Å²) in [6, 6.07) is 7.80. The highest BCUT2D eigenvalue weighted by molar-refractivity contribution is 5.78. The van der Waals surface area contributed by atoms with Gasteiger partial charge in [0.05, 0.1) is 6.61 Å². The van der Waals surface area contributed by atoms with E-state index in [-0.39, 0.29) is 6.61 Å². The molecule has 0 heterocycles. The summed E-state index contributed by atoms with van der Waals surface area (Å²) in [5.41, 5.74) is -0.0597. The molecule has 1 aliphatic carbocycles. The zero-order valence-corrected chi connectivity index (χ0v) is 11.9. The highest BCUT2D eigenvalue weighted by Crippen LogP contribution is 2.23. The first-order valence-electron chi connectivity index (χ1n) is 6.75. The third-order valence-corrected chi connectivity index (χ3v) is 3.31. The quantitative estimate of drug-likeness (QED) is 0.759. The number of carbonyl (C=O) groups is 1. The van der Waals surface area contributed by atoms with E-state index >= 15 is 0 Å². The number of methoxy groups -OCH3 is 1. The number of ether oxygens (including phenoxy) is 2. The highest BCUT2D eigenvalue weighted by atomic mass is 16.5. The first-order valence-corrected chi connectivity index (χ1v) is 6.75. The van der Waals surface area contributed by atoms with Gasteiger partial charge in [-0.2, -0.15) is 0 Å². The second kappa shape index (κ2) is 6.24. The van der Waals surface area contributed by atoms with Gasteiger partial charge in [-0.3, -0.25) is 10.1 Å². The Hall–Kier alpha value is -1.59. The summed E-state index contributed by atoms with van der Waals surface area (Å²) in [7, 11) is 1.63. The van der Waals surface area contributed by atoms with Crippen LogP contribution in [0.3, 0.4) is 0 Å². The van der Waals surface area contributed by atoms with E-state index in [0.29, 0.717) is 18.4 Å². The molecule has 0 radical (unpaired) electrons. The monoisotopic (exact) mass is 279 g/mol. The van der Waals surface area contributed by atoms with Crippen molar-refractivity contribution in [1.29, 1.82) is 0 Å². The van der Waals surface area contributed by atoms with Crippen molar-refractivity contribution >= 4 is 5.97 Å². The first kappa shape index (κ1) is 14.8. The Bertz CT molecular complexity index is 473. The molecular weight excluding hydrogens is 258 g/mol. The maximum Gasteiger partial charge on any atom is 0.327 e. The van der Waals surface area contributed by atoms with Gasteiger partial charge in [0.15, 0.2) is 0 Å². The average molecular weight is 279 g/mol. The van der Waals surface area contributed by atoms with E-state index in [2.05, 4.69) is 5.32 Å². The van der Waals surface area contributed by atoms with Crippen molar-refractivity contribution in [3.63, 3.8) is 0 Å². The van der Waals surface area contributed by atoms with Gasteiger partial charge in [0.2, 0.25) is 0 Å². The smallest absolute Gasteiger partial charge is 0.327 e. The van der Waals surface area contributed by atoms with E-state index < -0.39 is 11.5 Å². The van der Waals surface area contributed by atoms with Crippen molar-refractivity contribution in [2.45, 2.75) is 38.0 Å². The topological polar surface area (TPSA) is 67.8 Å². The van der Waals surface area contributed by atoms with E-state index in [4.69, 9.17) is 9.47 Å². The van der Waals surface area contributed by atoms with E-state index in [1.165, 1.54) is 0 Å². The number of nitrogens with one attached hydrogen (secondary N) is 1. The van der Waals surface area contributed by atoms with Gasteiger partial charge in [-0.05, 0) is 37.5 Å². The minimum atomic E-state index is -1.06. The Balaban J connectivity index is 1.97. The van der Waals surface area contributed by atoms with Crippen LogP contribution in [0.25, 0.3) is 0 Å². The highest BCUT2D eigenvalue weighted by Gasteiger charge is 2.39. The van der Waals surface area contributed by atoms with Crippen molar-refractivity contribution in [2.24, 2.45) is 0 Å². The van der Waals surface area contributed by atoms with Crippen LogP contribution in [0.2, 0.25) is 0 Å². The fraction of sp³-hybridized carbons (Fsp3) is 0.533. The van der Waals surface area contributed by atoms with E-state index in [9.17, 15) is 9.90 Å². The SMILES string of the molecule is COCc1cccc(OCC(C)(NC2CC2)C(=O)O)c1. The van der Waals surface area contributed by atoms with Crippen LogP contribution in [0.1, 0.15) is 25.3 Å². The molecule has 2 rings (SSSR count). The predicted molar refractivity (Wildman–Crippen MR) is 74.8 cm³/mol. The molecule has 0 spiro atoms. The molecule has 1 aromatic carbocycles. The molecule has 1 fully saturated rings. The number of aliphatic carboxylic acids is 1. The molecule has 1 atom stereocenters. The standard InChI is InChI=1S/C15H21NO4/c1-15(14(17)18,16-12-6-7-12)10-20-13-5-3-4-11(8-13)9-19-2/h3-5,8,12,16H,6-7,9-10H2,1-2H3,(H,17,18). The molecule has 110 valence electrons. The van der Waals surface area contributed by atoms with Crippen molar-refractivity contribution in [1.82, 2.24) is 5.32 Å². The summed E-state index contributed by atoms with van der Waals surface area (Å²) >= 11 is 0. The lowest BCUT2D eigenvalue weighted by atomic mass is 10.0. The van der Waals surface area contributed by atoms with Crippen LogP contribution >= 0.6 is 0 Å². The number of carboxylic acids is 1. The van der Waals surface area contributed by atoms with Crippen LogP contribution in [0.5, 0.6) is 5.75 Å². The van der Waals surface area contributed by atoms with Gasteiger partial charge in [-0.25, -0.2) is 0 Å². The zero-order chi connectivity index (χ0) is 14.6. The van der Waals surface area contributed by atoms with Gasteiger partial charge in [-0.1, -0.05) is 12.1 Å². The van der Waals surface area contributed by atoms with E-state index in [1.807, 2.05) is 24.3 Å². The summed E-state index contributed by atoms with van der Waals surface area (Å²) in [6.45, 7) is 2.26. The van der Waals surface area contributed by atoms with Gasteiger partial charge < -0.3 is 14.6 Å².